The van der Waals surface area contributed by atoms with Gasteiger partial charge in [0, 0.05) is 30.6 Å². The zero-order valence-corrected chi connectivity index (χ0v) is 13.7. The first-order valence-electron chi connectivity index (χ1n) is 7.90. The maximum atomic E-state index is 3.46. The number of hydrogen-bond donors (Lipinski definition) is 1. The molecule has 1 atom stereocenters. The van der Waals surface area contributed by atoms with Crippen molar-refractivity contribution in [2.75, 3.05) is 31.1 Å². The van der Waals surface area contributed by atoms with Crippen LogP contribution in [0.3, 0.4) is 0 Å². The zero-order chi connectivity index (χ0) is 14.2. The van der Waals surface area contributed by atoms with Crippen molar-refractivity contribution in [1.29, 1.82) is 0 Å². The largest absolute Gasteiger partial charge is 0.316 e. The molecule has 0 aromatic heterocycles. The van der Waals surface area contributed by atoms with Crippen LogP contribution >= 0.6 is 11.8 Å². The van der Waals surface area contributed by atoms with E-state index in [0.29, 0.717) is 6.04 Å². The van der Waals surface area contributed by atoms with Gasteiger partial charge in [0.1, 0.15) is 0 Å². The zero-order valence-electron chi connectivity index (χ0n) is 12.9. The number of rotatable bonds is 7. The summed E-state index contributed by atoms with van der Waals surface area (Å²) in [4.78, 5) is 2.61. The van der Waals surface area contributed by atoms with Crippen LogP contribution in [0.2, 0.25) is 0 Å². The summed E-state index contributed by atoms with van der Waals surface area (Å²) in [6, 6.07) is 9.93. The van der Waals surface area contributed by atoms with Gasteiger partial charge < -0.3 is 5.32 Å². The summed E-state index contributed by atoms with van der Waals surface area (Å²) in [5.74, 6) is 2.56. The number of thioether (sulfide) groups is 1. The maximum absolute atomic E-state index is 3.46. The van der Waals surface area contributed by atoms with E-state index in [1.54, 1.807) is 0 Å². The molecule has 1 saturated heterocycles. The van der Waals surface area contributed by atoms with E-state index in [0.717, 1.165) is 26.1 Å². The van der Waals surface area contributed by atoms with Gasteiger partial charge >= 0.3 is 0 Å². The first kappa shape index (κ1) is 15.9. The molecule has 1 aliphatic heterocycles. The van der Waals surface area contributed by atoms with Crippen LogP contribution in [0.1, 0.15) is 31.4 Å². The Morgan fingerprint density at radius 3 is 2.65 bits per heavy atom. The van der Waals surface area contributed by atoms with Crippen LogP contribution in [0.15, 0.2) is 24.3 Å². The van der Waals surface area contributed by atoms with Gasteiger partial charge in [-0.2, -0.15) is 11.8 Å². The van der Waals surface area contributed by atoms with E-state index < -0.39 is 0 Å². The van der Waals surface area contributed by atoms with E-state index in [-0.39, 0.29) is 0 Å². The van der Waals surface area contributed by atoms with E-state index in [1.807, 2.05) is 0 Å². The second-order valence-electron chi connectivity index (χ2n) is 5.71. The molecule has 0 radical (unpaired) electrons. The van der Waals surface area contributed by atoms with Crippen LogP contribution in [0.4, 0.5) is 0 Å². The summed E-state index contributed by atoms with van der Waals surface area (Å²) in [6.45, 7) is 9.11. The van der Waals surface area contributed by atoms with E-state index in [9.17, 15) is 0 Å². The highest BCUT2D eigenvalue weighted by atomic mass is 32.2. The minimum atomic E-state index is 0.715. The SMILES string of the molecule is CCCNCCc1ccc(CN2CCSCC2C)cc1. The predicted molar refractivity (Wildman–Crippen MR) is 90.5 cm³/mol. The fourth-order valence-electron chi connectivity index (χ4n) is 2.58. The number of benzene rings is 1. The Balaban J connectivity index is 1.78. The summed E-state index contributed by atoms with van der Waals surface area (Å²) in [5, 5.41) is 3.46. The molecule has 0 aliphatic carbocycles. The topological polar surface area (TPSA) is 15.3 Å². The lowest BCUT2D eigenvalue weighted by Gasteiger charge is -2.33. The van der Waals surface area contributed by atoms with Crippen molar-refractivity contribution < 1.29 is 0 Å². The molecule has 0 saturated carbocycles. The fraction of sp³-hybridized carbons (Fsp3) is 0.647. The Hall–Kier alpha value is -0.510. The maximum Gasteiger partial charge on any atom is 0.0237 e. The quantitative estimate of drug-likeness (QED) is 0.777. The van der Waals surface area contributed by atoms with Crippen molar-refractivity contribution in [2.24, 2.45) is 0 Å². The normalized spacial score (nSPS) is 20.2. The molecule has 2 nitrogen and oxygen atoms in total. The predicted octanol–water partition coefficient (Wildman–Crippen LogP) is 3.17. The summed E-state index contributed by atoms with van der Waals surface area (Å²) in [6.07, 6.45) is 2.35. The van der Waals surface area contributed by atoms with Crippen LogP contribution < -0.4 is 5.32 Å². The second-order valence-corrected chi connectivity index (χ2v) is 6.86. The van der Waals surface area contributed by atoms with Gasteiger partial charge in [-0.1, -0.05) is 31.2 Å². The van der Waals surface area contributed by atoms with Gasteiger partial charge in [0.25, 0.3) is 0 Å². The minimum absolute atomic E-state index is 0.715. The molecular formula is C17H28N2S. The molecule has 0 spiro atoms. The molecule has 2 rings (SSSR count). The van der Waals surface area contributed by atoms with Gasteiger partial charge in [0.15, 0.2) is 0 Å². The van der Waals surface area contributed by atoms with Crippen molar-refractivity contribution in [2.45, 2.75) is 39.3 Å². The average molecular weight is 292 g/mol. The van der Waals surface area contributed by atoms with Crippen LogP contribution in [-0.2, 0) is 13.0 Å². The third-order valence-electron chi connectivity index (χ3n) is 3.93. The molecule has 3 heteroatoms. The van der Waals surface area contributed by atoms with Gasteiger partial charge in [0.2, 0.25) is 0 Å². The van der Waals surface area contributed by atoms with Crippen molar-refractivity contribution in [3.8, 4) is 0 Å². The lowest BCUT2D eigenvalue weighted by molar-refractivity contribution is 0.224. The average Bonchev–Trinajstić information content (AvgIpc) is 2.48. The lowest BCUT2D eigenvalue weighted by atomic mass is 10.1. The molecule has 1 aromatic rings. The van der Waals surface area contributed by atoms with Crippen LogP contribution in [-0.4, -0.2) is 42.1 Å². The Kier molecular flexibility index (Phi) is 6.91. The molecule has 1 aromatic carbocycles. The Bertz CT molecular complexity index is 377. The molecule has 0 bridgehead atoms. The fourth-order valence-corrected chi connectivity index (χ4v) is 3.66. The molecule has 0 amide bonds. The Labute approximate surface area is 128 Å². The van der Waals surface area contributed by atoms with Crippen molar-refractivity contribution in [3.05, 3.63) is 35.4 Å². The van der Waals surface area contributed by atoms with Gasteiger partial charge in [-0.15, -0.1) is 0 Å². The lowest BCUT2D eigenvalue weighted by Crippen LogP contribution is -2.39. The monoisotopic (exact) mass is 292 g/mol. The summed E-state index contributed by atoms with van der Waals surface area (Å²) >= 11 is 2.08. The van der Waals surface area contributed by atoms with E-state index in [1.165, 1.54) is 35.6 Å². The molecule has 20 heavy (non-hydrogen) atoms. The first-order valence-corrected chi connectivity index (χ1v) is 9.05. The van der Waals surface area contributed by atoms with E-state index in [2.05, 4.69) is 60.1 Å². The van der Waals surface area contributed by atoms with E-state index >= 15 is 0 Å². The first-order chi connectivity index (χ1) is 9.79. The smallest absolute Gasteiger partial charge is 0.0237 e. The molecular weight excluding hydrogens is 264 g/mol. The van der Waals surface area contributed by atoms with Crippen LogP contribution in [0.25, 0.3) is 0 Å². The van der Waals surface area contributed by atoms with E-state index in [4.69, 9.17) is 0 Å². The molecule has 1 fully saturated rings. The number of nitrogens with one attached hydrogen (secondary N) is 1. The number of hydrogen-bond acceptors (Lipinski definition) is 3. The molecule has 112 valence electrons. The summed E-state index contributed by atoms with van der Waals surface area (Å²) in [7, 11) is 0. The van der Waals surface area contributed by atoms with Crippen molar-refractivity contribution in [1.82, 2.24) is 10.2 Å². The third-order valence-corrected chi connectivity index (χ3v) is 5.12. The number of nitrogens with zero attached hydrogens (tertiary/aromatic N) is 1. The highest BCUT2D eigenvalue weighted by Gasteiger charge is 2.18. The highest BCUT2D eigenvalue weighted by Crippen LogP contribution is 2.18. The Morgan fingerprint density at radius 1 is 1.20 bits per heavy atom. The highest BCUT2D eigenvalue weighted by molar-refractivity contribution is 7.99. The van der Waals surface area contributed by atoms with Gasteiger partial charge in [-0.3, -0.25) is 4.90 Å². The van der Waals surface area contributed by atoms with Crippen LogP contribution in [0.5, 0.6) is 0 Å². The van der Waals surface area contributed by atoms with Gasteiger partial charge in [-0.05, 0) is 44.0 Å². The second kappa shape index (κ2) is 8.71. The standard InChI is InChI=1S/C17H28N2S/c1-3-9-18-10-8-16-4-6-17(7-5-16)13-19-11-12-20-14-15(19)2/h4-7,15,18H,3,8-14H2,1-2H3. The van der Waals surface area contributed by atoms with Crippen LogP contribution in [0, 0.1) is 0 Å². The summed E-state index contributed by atoms with van der Waals surface area (Å²) < 4.78 is 0. The molecule has 1 unspecified atom stereocenters. The summed E-state index contributed by atoms with van der Waals surface area (Å²) in [5.41, 5.74) is 2.90. The van der Waals surface area contributed by atoms with Gasteiger partial charge in [0.05, 0.1) is 0 Å². The molecule has 1 heterocycles. The minimum Gasteiger partial charge on any atom is -0.316 e. The molecule has 1 N–H and O–H groups in total. The Morgan fingerprint density at radius 2 is 1.95 bits per heavy atom. The van der Waals surface area contributed by atoms with Crippen molar-refractivity contribution >= 4 is 11.8 Å². The third kappa shape index (κ3) is 5.12. The van der Waals surface area contributed by atoms with Gasteiger partial charge in [-0.25, -0.2) is 0 Å². The van der Waals surface area contributed by atoms with Crippen molar-refractivity contribution in [3.63, 3.8) is 0 Å². The molecule has 1 aliphatic rings.